The molecule has 1 aliphatic heterocycles. The quantitative estimate of drug-likeness (QED) is 0.753. The SMILES string of the molecule is CCN(C)CCNC(=O)C1(C#N)CCOCC1. The van der Waals surface area contributed by atoms with Gasteiger partial charge in [-0.25, -0.2) is 0 Å². The lowest BCUT2D eigenvalue weighted by Gasteiger charge is -2.29. The van der Waals surface area contributed by atoms with Crippen LogP contribution in [0.3, 0.4) is 0 Å². The molecule has 0 spiro atoms. The van der Waals surface area contributed by atoms with E-state index in [4.69, 9.17) is 4.74 Å². The van der Waals surface area contributed by atoms with E-state index in [1.807, 2.05) is 7.05 Å². The van der Waals surface area contributed by atoms with Crippen LogP contribution in [0.5, 0.6) is 0 Å². The Bertz CT molecular complexity index is 293. The molecule has 17 heavy (non-hydrogen) atoms. The molecule has 0 saturated carbocycles. The molecule has 1 N–H and O–H groups in total. The van der Waals surface area contributed by atoms with Crippen LogP contribution < -0.4 is 5.32 Å². The first-order valence-corrected chi connectivity index (χ1v) is 6.10. The summed E-state index contributed by atoms with van der Waals surface area (Å²) in [6.07, 6.45) is 0.998. The maximum absolute atomic E-state index is 12.0. The third-order valence-corrected chi connectivity index (χ3v) is 3.31. The van der Waals surface area contributed by atoms with E-state index < -0.39 is 5.41 Å². The van der Waals surface area contributed by atoms with Gasteiger partial charge in [0.25, 0.3) is 0 Å². The summed E-state index contributed by atoms with van der Waals surface area (Å²) in [4.78, 5) is 14.1. The van der Waals surface area contributed by atoms with Crippen molar-refractivity contribution in [1.82, 2.24) is 10.2 Å². The van der Waals surface area contributed by atoms with Crippen molar-refractivity contribution in [2.45, 2.75) is 19.8 Å². The highest BCUT2D eigenvalue weighted by molar-refractivity contribution is 5.85. The summed E-state index contributed by atoms with van der Waals surface area (Å²) >= 11 is 0. The van der Waals surface area contributed by atoms with E-state index in [9.17, 15) is 10.1 Å². The molecule has 96 valence electrons. The summed E-state index contributed by atoms with van der Waals surface area (Å²) in [5, 5.41) is 12.0. The Kier molecular flexibility index (Phi) is 5.39. The molecule has 1 fully saturated rings. The van der Waals surface area contributed by atoms with Gasteiger partial charge in [-0.15, -0.1) is 0 Å². The van der Waals surface area contributed by atoms with Crippen molar-refractivity contribution in [2.75, 3.05) is 39.9 Å². The minimum Gasteiger partial charge on any atom is -0.381 e. The maximum Gasteiger partial charge on any atom is 0.240 e. The smallest absolute Gasteiger partial charge is 0.240 e. The molecule has 0 aliphatic carbocycles. The third kappa shape index (κ3) is 3.69. The Morgan fingerprint density at radius 1 is 1.53 bits per heavy atom. The van der Waals surface area contributed by atoms with Crippen LogP contribution in [-0.2, 0) is 9.53 Å². The van der Waals surface area contributed by atoms with Crippen LogP contribution in [0.15, 0.2) is 0 Å². The Morgan fingerprint density at radius 2 is 2.18 bits per heavy atom. The van der Waals surface area contributed by atoms with E-state index in [0.29, 0.717) is 32.6 Å². The fourth-order valence-corrected chi connectivity index (χ4v) is 1.80. The van der Waals surface area contributed by atoms with Gasteiger partial charge in [0.05, 0.1) is 6.07 Å². The predicted molar refractivity (Wildman–Crippen MR) is 64.3 cm³/mol. The van der Waals surface area contributed by atoms with Crippen LogP contribution in [0.1, 0.15) is 19.8 Å². The second-order valence-corrected chi connectivity index (χ2v) is 4.46. The fraction of sp³-hybridized carbons (Fsp3) is 0.833. The molecular weight excluding hydrogens is 218 g/mol. The highest BCUT2D eigenvalue weighted by Crippen LogP contribution is 2.29. The van der Waals surface area contributed by atoms with Crippen LogP contribution in [0.2, 0.25) is 0 Å². The largest absolute Gasteiger partial charge is 0.381 e. The Morgan fingerprint density at radius 3 is 2.71 bits per heavy atom. The molecule has 0 bridgehead atoms. The van der Waals surface area contributed by atoms with E-state index in [2.05, 4.69) is 23.2 Å². The number of carbonyl (C=O) groups is 1. The average molecular weight is 239 g/mol. The summed E-state index contributed by atoms with van der Waals surface area (Å²) in [5.41, 5.74) is -0.872. The standard InChI is InChI=1S/C12H21N3O2/c1-3-15(2)7-6-14-11(16)12(10-13)4-8-17-9-5-12/h3-9H2,1-2H3,(H,14,16). The minimum atomic E-state index is -0.872. The Labute approximate surface area is 103 Å². The van der Waals surface area contributed by atoms with Gasteiger partial charge in [-0.3, -0.25) is 4.79 Å². The van der Waals surface area contributed by atoms with Crippen LogP contribution in [-0.4, -0.2) is 50.7 Å². The number of amides is 1. The molecule has 1 saturated heterocycles. The minimum absolute atomic E-state index is 0.146. The molecular formula is C12H21N3O2. The van der Waals surface area contributed by atoms with Gasteiger partial charge in [0.1, 0.15) is 5.41 Å². The molecule has 0 aromatic carbocycles. The second-order valence-electron chi connectivity index (χ2n) is 4.46. The van der Waals surface area contributed by atoms with E-state index in [1.165, 1.54) is 0 Å². The van der Waals surface area contributed by atoms with E-state index in [-0.39, 0.29) is 5.91 Å². The number of carbonyl (C=O) groups excluding carboxylic acids is 1. The van der Waals surface area contributed by atoms with Gasteiger partial charge in [-0.2, -0.15) is 5.26 Å². The zero-order valence-electron chi connectivity index (χ0n) is 10.7. The highest BCUT2D eigenvalue weighted by atomic mass is 16.5. The lowest BCUT2D eigenvalue weighted by molar-refractivity contribution is -0.132. The zero-order chi connectivity index (χ0) is 12.7. The molecule has 1 aliphatic rings. The first kappa shape index (κ1) is 13.9. The number of nitrogens with zero attached hydrogens (tertiary/aromatic N) is 2. The first-order valence-electron chi connectivity index (χ1n) is 6.10. The van der Waals surface area contributed by atoms with Crippen LogP contribution in [0, 0.1) is 16.7 Å². The molecule has 0 aromatic heterocycles. The second kappa shape index (κ2) is 6.58. The van der Waals surface area contributed by atoms with Crippen molar-refractivity contribution in [3.05, 3.63) is 0 Å². The van der Waals surface area contributed by atoms with Gasteiger partial charge in [0.2, 0.25) is 5.91 Å². The van der Waals surface area contributed by atoms with Gasteiger partial charge in [0.15, 0.2) is 0 Å². The van der Waals surface area contributed by atoms with Crippen molar-refractivity contribution >= 4 is 5.91 Å². The monoisotopic (exact) mass is 239 g/mol. The number of hydrogen-bond acceptors (Lipinski definition) is 4. The van der Waals surface area contributed by atoms with E-state index in [0.717, 1.165) is 13.1 Å². The summed E-state index contributed by atoms with van der Waals surface area (Å²) in [6, 6.07) is 2.16. The molecule has 5 nitrogen and oxygen atoms in total. The normalized spacial score (nSPS) is 18.7. The van der Waals surface area contributed by atoms with Crippen LogP contribution in [0.25, 0.3) is 0 Å². The van der Waals surface area contributed by atoms with Gasteiger partial charge in [-0.1, -0.05) is 6.92 Å². The van der Waals surface area contributed by atoms with E-state index in [1.54, 1.807) is 0 Å². The maximum atomic E-state index is 12.0. The van der Waals surface area contributed by atoms with Crippen molar-refractivity contribution in [1.29, 1.82) is 5.26 Å². The van der Waals surface area contributed by atoms with Gasteiger partial charge in [-0.05, 0) is 26.4 Å². The van der Waals surface area contributed by atoms with E-state index >= 15 is 0 Å². The van der Waals surface area contributed by atoms with Crippen molar-refractivity contribution in [3.63, 3.8) is 0 Å². The van der Waals surface area contributed by atoms with Crippen molar-refractivity contribution in [2.24, 2.45) is 5.41 Å². The topological polar surface area (TPSA) is 65.4 Å². The number of hydrogen-bond donors (Lipinski definition) is 1. The lowest BCUT2D eigenvalue weighted by atomic mass is 9.81. The number of nitrogens with one attached hydrogen (secondary N) is 1. The van der Waals surface area contributed by atoms with Gasteiger partial charge < -0.3 is 15.0 Å². The summed E-state index contributed by atoms with van der Waals surface area (Å²) in [5.74, 6) is -0.146. The summed E-state index contributed by atoms with van der Waals surface area (Å²) < 4.78 is 5.20. The van der Waals surface area contributed by atoms with Crippen molar-refractivity contribution in [3.8, 4) is 6.07 Å². The third-order valence-electron chi connectivity index (χ3n) is 3.31. The molecule has 5 heteroatoms. The molecule has 1 rings (SSSR count). The zero-order valence-corrected chi connectivity index (χ0v) is 10.7. The average Bonchev–Trinajstić information content (AvgIpc) is 2.39. The van der Waals surface area contributed by atoms with Crippen molar-refractivity contribution < 1.29 is 9.53 Å². The summed E-state index contributed by atoms with van der Waals surface area (Å²) in [7, 11) is 2.00. The first-order chi connectivity index (χ1) is 8.14. The summed E-state index contributed by atoms with van der Waals surface area (Å²) in [6.45, 7) is 5.41. The van der Waals surface area contributed by atoms with Gasteiger partial charge >= 0.3 is 0 Å². The number of nitriles is 1. The molecule has 0 radical (unpaired) electrons. The highest BCUT2D eigenvalue weighted by Gasteiger charge is 2.40. The van der Waals surface area contributed by atoms with Crippen LogP contribution in [0.4, 0.5) is 0 Å². The molecule has 1 amide bonds. The molecule has 1 heterocycles. The number of rotatable bonds is 5. The molecule has 0 aromatic rings. The fourth-order valence-electron chi connectivity index (χ4n) is 1.80. The Hall–Kier alpha value is -1.12. The predicted octanol–water partition coefficient (Wildman–Crippen LogP) is 0.375. The number of likely N-dealkylation sites (N-methyl/N-ethyl adjacent to an activating group) is 1. The van der Waals surface area contributed by atoms with Gasteiger partial charge in [0, 0.05) is 26.3 Å². The molecule has 0 unspecified atom stereocenters. The lowest BCUT2D eigenvalue weighted by Crippen LogP contribution is -2.45. The molecule has 0 atom stereocenters. The number of ether oxygens (including phenoxy) is 1. The van der Waals surface area contributed by atoms with Crippen LogP contribution >= 0.6 is 0 Å². The Balaban J connectivity index is 2.42.